The van der Waals surface area contributed by atoms with Crippen molar-refractivity contribution < 1.29 is 18.7 Å². The molecule has 0 fully saturated rings. The number of aromatic amines is 1. The number of hydrogen-bond donors (Lipinski definition) is 4. The van der Waals surface area contributed by atoms with Crippen LogP contribution in [0.5, 0.6) is 0 Å². The number of hydrogen-bond acceptors (Lipinski definition) is 6. The average molecular weight is 437 g/mol. The summed E-state index contributed by atoms with van der Waals surface area (Å²) >= 11 is 5.85. The maximum absolute atomic E-state index is 13.4. The van der Waals surface area contributed by atoms with Crippen molar-refractivity contribution in [2.75, 3.05) is 23.3 Å². The number of carbonyl (C=O) groups excluding carboxylic acids is 1. The number of oxazole rings is 1. The van der Waals surface area contributed by atoms with E-state index in [2.05, 4.69) is 15.6 Å². The number of halogens is 2. The number of aliphatic hydroxyl groups excluding tert-OH is 1. The van der Waals surface area contributed by atoms with Crippen LogP contribution in [0.1, 0.15) is 13.8 Å². The number of anilines is 2. The van der Waals surface area contributed by atoms with E-state index in [1.54, 1.807) is 25.1 Å². The Labute approximate surface area is 176 Å². The Morgan fingerprint density at radius 2 is 2.10 bits per heavy atom. The molecule has 10 heteroatoms. The Bertz CT molecular complexity index is 1100. The van der Waals surface area contributed by atoms with Crippen LogP contribution in [0.25, 0.3) is 11.1 Å². The van der Waals surface area contributed by atoms with Gasteiger partial charge in [-0.25, -0.2) is 9.18 Å². The third-order valence-electron chi connectivity index (χ3n) is 4.51. The molecule has 30 heavy (non-hydrogen) atoms. The van der Waals surface area contributed by atoms with Gasteiger partial charge in [0.15, 0.2) is 5.58 Å². The fourth-order valence-corrected chi connectivity index (χ4v) is 3.23. The van der Waals surface area contributed by atoms with Gasteiger partial charge >= 0.3 is 5.76 Å². The molecule has 1 heterocycles. The van der Waals surface area contributed by atoms with Gasteiger partial charge in [-0.15, -0.1) is 0 Å². The lowest BCUT2D eigenvalue weighted by Crippen LogP contribution is -2.47. The molecule has 0 aliphatic heterocycles. The van der Waals surface area contributed by atoms with Crippen molar-refractivity contribution in [2.45, 2.75) is 26.1 Å². The van der Waals surface area contributed by atoms with Gasteiger partial charge in [0.1, 0.15) is 5.82 Å². The van der Waals surface area contributed by atoms with E-state index in [-0.39, 0.29) is 11.1 Å². The number of likely N-dealkylation sites (N-methyl/N-ethyl adjacent to an activating group) is 1. The van der Waals surface area contributed by atoms with Crippen LogP contribution in [-0.2, 0) is 4.79 Å². The molecular weight excluding hydrogens is 415 g/mol. The maximum Gasteiger partial charge on any atom is 0.417 e. The number of benzene rings is 2. The van der Waals surface area contributed by atoms with E-state index in [0.717, 1.165) is 5.69 Å². The third kappa shape index (κ3) is 5.11. The van der Waals surface area contributed by atoms with Crippen molar-refractivity contribution in [3.8, 4) is 0 Å². The molecular formula is C20H22ClFN4O4. The lowest BCUT2D eigenvalue weighted by molar-refractivity contribution is -0.128. The minimum atomic E-state index is -1.51. The van der Waals surface area contributed by atoms with Gasteiger partial charge in [-0.05, 0) is 44.2 Å². The van der Waals surface area contributed by atoms with Gasteiger partial charge in [0.25, 0.3) is 5.91 Å². The summed E-state index contributed by atoms with van der Waals surface area (Å²) in [6.07, 6.45) is -1.51. The fourth-order valence-electron chi connectivity index (χ4n) is 3.06. The quantitative estimate of drug-likeness (QED) is 0.404. The minimum absolute atomic E-state index is 0.0255. The van der Waals surface area contributed by atoms with Crippen LogP contribution >= 0.6 is 11.6 Å². The van der Waals surface area contributed by atoms with E-state index in [1.165, 1.54) is 18.2 Å². The number of H-pyrrole nitrogens is 1. The summed E-state index contributed by atoms with van der Waals surface area (Å²) in [5, 5.41) is 15.6. The highest BCUT2D eigenvalue weighted by atomic mass is 35.5. The zero-order chi connectivity index (χ0) is 21.8. The van der Waals surface area contributed by atoms with Crippen molar-refractivity contribution in [1.29, 1.82) is 0 Å². The molecule has 0 aliphatic carbocycles. The molecule has 0 bridgehead atoms. The predicted molar refractivity (Wildman–Crippen MR) is 113 cm³/mol. The van der Waals surface area contributed by atoms with Crippen molar-refractivity contribution in [1.82, 2.24) is 10.3 Å². The summed E-state index contributed by atoms with van der Waals surface area (Å²) in [6.45, 7) is 4.76. The zero-order valence-corrected chi connectivity index (χ0v) is 17.2. The summed E-state index contributed by atoms with van der Waals surface area (Å²) in [4.78, 5) is 28.0. The smallest absolute Gasteiger partial charge is 0.408 e. The molecule has 0 radical (unpaired) electrons. The first-order chi connectivity index (χ1) is 14.3. The topological polar surface area (TPSA) is 111 Å². The Morgan fingerprint density at radius 3 is 2.80 bits per heavy atom. The van der Waals surface area contributed by atoms with Crippen LogP contribution < -0.4 is 21.3 Å². The first-order valence-electron chi connectivity index (χ1n) is 9.34. The molecule has 4 N–H and O–H groups in total. The molecule has 1 aromatic heterocycles. The number of aromatic nitrogens is 1. The Hall–Kier alpha value is -3.04. The number of carbonyl (C=O) groups is 1. The Balaban J connectivity index is 1.58. The monoisotopic (exact) mass is 436 g/mol. The van der Waals surface area contributed by atoms with Crippen molar-refractivity contribution in [3.63, 3.8) is 0 Å². The van der Waals surface area contributed by atoms with Crippen LogP contribution in [-0.4, -0.2) is 41.4 Å². The highest BCUT2D eigenvalue weighted by molar-refractivity contribution is 6.31. The second-order valence-electron chi connectivity index (χ2n) is 6.82. The van der Waals surface area contributed by atoms with E-state index >= 15 is 0 Å². The van der Waals surface area contributed by atoms with Crippen LogP contribution in [0, 0.1) is 5.82 Å². The van der Waals surface area contributed by atoms with Gasteiger partial charge in [-0.1, -0.05) is 11.6 Å². The second kappa shape index (κ2) is 9.19. The molecule has 0 aliphatic rings. The zero-order valence-electron chi connectivity index (χ0n) is 16.4. The molecule has 1 amide bonds. The van der Waals surface area contributed by atoms with E-state index in [9.17, 15) is 19.1 Å². The number of rotatable bonds is 8. The van der Waals surface area contributed by atoms with Crippen molar-refractivity contribution in [3.05, 3.63) is 57.8 Å². The van der Waals surface area contributed by atoms with Crippen LogP contribution in [0.15, 0.2) is 45.6 Å². The Kier molecular flexibility index (Phi) is 6.63. The number of aliphatic hydroxyl groups is 1. The number of nitrogens with zero attached hydrogens (tertiary/aromatic N) is 1. The molecule has 2 atom stereocenters. The molecule has 0 spiro atoms. The minimum Gasteiger partial charge on any atom is -0.408 e. The number of fused-ring (bicyclic) bond motifs is 1. The molecule has 2 aromatic carbocycles. The first-order valence-corrected chi connectivity index (χ1v) is 9.72. The predicted octanol–water partition coefficient (Wildman–Crippen LogP) is 2.68. The standard InChI is InChI=1S/C20H22ClFN4O4/c1-3-26(13-5-6-15(22)14(21)9-13)10-11(2)23-18(27)19(28)24-12-4-7-16-17(8-12)30-20(29)25-16/h4-9,11,19,24,28H,3,10H2,1-2H3,(H,23,27)(H,25,29)/t11-,19?/m0/s1. The van der Waals surface area contributed by atoms with Crippen LogP contribution in [0.3, 0.4) is 0 Å². The second-order valence-corrected chi connectivity index (χ2v) is 7.23. The number of nitrogens with one attached hydrogen (secondary N) is 3. The van der Waals surface area contributed by atoms with Gasteiger partial charge in [0.05, 0.1) is 10.5 Å². The maximum atomic E-state index is 13.4. The lowest BCUT2D eigenvalue weighted by Gasteiger charge is -2.28. The van der Waals surface area contributed by atoms with Gasteiger partial charge in [0.2, 0.25) is 6.23 Å². The molecule has 3 aromatic rings. The van der Waals surface area contributed by atoms with Crippen molar-refractivity contribution >= 4 is 40.0 Å². The fraction of sp³-hybridized carbons (Fsp3) is 0.300. The normalized spacial score (nSPS) is 13.1. The van der Waals surface area contributed by atoms with E-state index < -0.39 is 23.7 Å². The van der Waals surface area contributed by atoms with Crippen molar-refractivity contribution in [2.24, 2.45) is 0 Å². The summed E-state index contributed by atoms with van der Waals surface area (Å²) in [5.41, 5.74) is 1.96. The number of amides is 1. The van der Waals surface area contributed by atoms with E-state index in [1.807, 2.05) is 11.8 Å². The highest BCUT2D eigenvalue weighted by Gasteiger charge is 2.19. The molecule has 3 rings (SSSR count). The van der Waals surface area contributed by atoms with E-state index in [4.69, 9.17) is 16.0 Å². The molecule has 0 saturated heterocycles. The van der Waals surface area contributed by atoms with Crippen LogP contribution in [0.4, 0.5) is 15.8 Å². The summed E-state index contributed by atoms with van der Waals surface area (Å²) in [5.74, 6) is -1.70. The molecule has 1 unspecified atom stereocenters. The van der Waals surface area contributed by atoms with Gasteiger partial charge in [0, 0.05) is 36.6 Å². The highest BCUT2D eigenvalue weighted by Crippen LogP contribution is 2.23. The Morgan fingerprint density at radius 1 is 1.33 bits per heavy atom. The average Bonchev–Trinajstić information content (AvgIpc) is 3.07. The lowest BCUT2D eigenvalue weighted by atomic mass is 10.2. The largest absolute Gasteiger partial charge is 0.417 e. The summed E-state index contributed by atoms with van der Waals surface area (Å²) in [6, 6.07) is 8.83. The van der Waals surface area contributed by atoms with Crippen LogP contribution in [0.2, 0.25) is 5.02 Å². The van der Waals surface area contributed by atoms with Gasteiger partial charge < -0.3 is 25.1 Å². The molecule has 8 nitrogen and oxygen atoms in total. The summed E-state index contributed by atoms with van der Waals surface area (Å²) < 4.78 is 18.3. The first kappa shape index (κ1) is 21.7. The molecule has 160 valence electrons. The van der Waals surface area contributed by atoms with Gasteiger partial charge in [-0.2, -0.15) is 0 Å². The van der Waals surface area contributed by atoms with Gasteiger partial charge in [-0.3, -0.25) is 9.78 Å². The molecule has 0 saturated carbocycles. The van der Waals surface area contributed by atoms with E-state index in [0.29, 0.717) is 29.9 Å². The summed E-state index contributed by atoms with van der Waals surface area (Å²) in [7, 11) is 0. The third-order valence-corrected chi connectivity index (χ3v) is 4.80. The SMILES string of the molecule is CCN(C[C@H](C)NC(=O)C(O)Nc1ccc2[nH]c(=O)oc2c1)c1ccc(F)c(Cl)c1.